The van der Waals surface area contributed by atoms with Crippen LogP contribution >= 0.6 is 11.6 Å². The van der Waals surface area contributed by atoms with Crippen molar-refractivity contribution < 1.29 is 13.6 Å². The molecule has 0 aliphatic carbocycles. The minimum atomic E-state index is -0.410. The molecule has 30 heavy (non-hydrogen) atoms. The summed E-state index contributed by atoms with van der Waals surface area (Å²) in [4.78, 5) is 17.3. The van der Waals surface area contributed by atoms with Gasteiger partial charge in [-0.2, -0.15) is 0 Å². The number of benzene rings is 4. The third-order valence-electron chi connectivity index (χ3n) is 4.86. The molecule has 0 bridgehead atoms. The Morgan fingerprint density at radius 2 is 1.73 bits per heavy atom. The van der Waals surface area contributed by atoms with Gasteiger partial charge in [-0.1, -0.05) is 48.0 Å². The number of anilines is 1. The number of nitrogens with one attached hydrogen (secondary N) is 1. The van der Waals surface area contributed by atoms with E-state index >= 15 is 0 Å². The Hall–Kier alpha value is -3.70. The van der Waals surface area contributed by atoms with E-state index in [4.69, 9.17) is 16.0 Å². The molecule has 0 fully saturated rings. The highest BCUT2D eigenvalue weighted by Crippen LogP contribution is 2.29. The van der Waals surface area contributed by atoms with E-state index < -0.39 is 5.82 Å². The van der Waals surface area contributed by atoms with Crippen LogP contribution in [0, 0.1) is 5.82 Å². The van der Waals surface area contributed by atoms with Gasteiger partial charge in [0.05, 0.1) is 5.56 Å². The first-order valence-corrected chi connectivity index (χ1v) is 9.62. The third-order valence-corrected chi connectivity index (χ3v) is 5.19. The Balaban J connectivity index is 1.48. The van der Waals surface area contributed by atoms with Crippen LogP contribution in [0.5, 0.6) is 0 Å². The lowest BCUT2D eigenvalue weighted by atomic mass is 10.0. The molecule has 0 spiro atoms. The Bertz CT molecular complexity index is 1430. The van der Waals surface area contributed by atoms with Gasteiger partial charge in [0, 0.05) is 21.7 Å². The molecule has 0 saturated carbocycles. The number of rotatable bonds is 3. The first-order valence-electron chi connectivity index (χ1n) is 9.24. The van der Waals surface area contributed by atoms with E-state index in [-0.39, 0.29) is 17.4 Å². The van der Waals surface area contributed by atoms with Crippen LogP contribution < -0.4 is 5.32 Å². The lowest BCUT2D eigenvalue weighted by molar-refractivity contribution is 0.102. The van der Waals surface area contributed by atoms with Crippen LogP contribution in [-0.2, 0) is 0 Å². The first kappa shape index (κ1) is 18.3. The molecule has 146 valence electrons. The van der Waals surface area contributed by atoms with Crippen molar-refractivity contribution in [3.8, 4) is 11.5 Å². The second-order valence-corrected chi connectivity index (χ2v) is 7.18. The number of aromatic nitrogens is 1. The molecule has 0 saturated heterocycles. The van der Waals surface area contributed by atoms with Crippen molar-refractivity contribution in [2.24, 2.45) is 0 Å². The quantitative estimate of drug-likeness (QED) is 0.356. The van der Waals surface area contributed by atoms with Crippen LogP contribution in [-0.4, -0.2) is 10.9 Å². The van der Waals surface area contributed by atoms with Gasteiger partial charge in [-0.25, -0.2) is 9.37 Å². The van der Waals surface area contributed by atoms with Crippen molar-refractivity contribution in [3.05, 3.63) is 95.3 Å². The Morgan fingerprint density at radius 1 is 0.933 bits per heavy atom. The number of fused-ring (bicyclic) bond motifs is 2. The zero-order valence-corrected chi connectivity index (χ0v) is 16.3. The van der Waals surface area contributed by atoms with Gasteiger partial charge in [0.25, 0.3) is 5.91 Å². The number of carbonyl (C=O) groups is 1. The molecule has 0 unspecified atom stereocenters. The smallest absolute Gasteiger partial charge is 0.256 e. The van der Waals surface area contributed by atoms with E-state index in [0.29, 0.717) is 27.4 Å². The largest absolute Gasteiger partial charge is 0.436 e. The fourth-order valence-corrected chi connectivity index (χ4v) is 3.66. The van der Waals surface area contributed by atoms with Gasteiger partial charge in [0.2, 0.25) is 5.89 Å². The van der Waals surface area contributed by atoms with E-state index in [0.717, 1.165) is 10.8 Å². The van der Waals surface area contributed by atoms with Crippen molar-refractivity contribution in [1.29, 1.82) is 0 Å². The van der Waals surface area contributed by atoms with E-state index in [9.17, 15) is 9.18 Å². The molecule has 1 N–H and O–H groups in total. The van der Waals surface area contributed by atoms with Crippen LogP contribution in [0.25, 0.3) is 33.3 Å². The first-order chi connectivity index (χ1) is 14.6. The number of oxazole rings is 1. The predicted molar refractivity (Wildman–Crippen MR) is 116 cm³/mol. The maximum absolute atomic E-state index is 14.0. The summed E-state index contributed by atoms with van der Waals surface area (Å²) in [5.74, 6) is -0.484. The summed E-state index contributed by atoms with van der Waals surface area (Å²) in [6, 6.07) is 22.3. The van der Waals surface area contributed by atoms with E-state index in [1.54, 1.807) is 54.6 Å². The molecular formula is C24H14ClFN2O2. The highest BCUT2D eigenvalue weighted by atomic mass is 35.5. The van der Waals surface area contributed by atoms with Gasteiger partial charge in [-0.3, -0.25) is 4.79 Å². The van der Waals surface area contributed by atoms with E-state index in [2.05, 4.69) is 10.3 Å². The van der Waals surface area contributed by atoms with E-state index in [1.165, 1.54) is 6.07 Å². The third kappa shape index (κ3) is 3.19. The van der Waals surface area contributed by atoms with Crippen LogP contribution in [0.3, 0.4) is 0 Å². The van der Waals surface area contributed by atoms with Gasteiger partial charge < -0.3 is 9.73 Å². The summed E-state index contributed by atoms with van der Waals surface area (Å²) in [5.41, 5.74) is 2.38. The van der Waals surface area contributed by atoms with Gasteiger partial charge >= 0.3 is 0 Å². The molecule has 4 aromatic carbocycles. The van der Waals surface area contributed by atoms with Gasteiger partial charge in [-0.05, 0) is 47.9 Å². The Morgan fingerprint density at radius 3 is 2.60 bits per heavy atom. The van der Waals surface area contributed by atoms with Gasteiger partial charge in [-0.15, -0.1) is 0 Å². The molecule has 5 aromatic rings. The van der Waals surface area contributed by atoms with Crippen molar-refractivity contribution >= 4 is 45.1 Å². The molecule has 1 aromatic heterocycles. The SMILES string of the molecule is O=C(Nc1ccc2oc(-c3ccccc3F)nc2c1)c1cccc2c(Cl)cccc12. The maximum Gasteiger partial charge on any atom is 0.256 e. The molecule has 5 rings (SSSR count). The van der Waals surface area contributed by atoms with Gasteiger partial charge in [0.1, 0.15) is 11.3 Å². The molecule has 0 atom stereocenters. The molecule has 6 heteroatoms. The predicted octanol–water partition coefficient (Wildman–Crippen LogP) is 6.69. The topological polar surface area (TPSA) is 55.1 Å². The van der Waals surface area contributed by atoms with Crippen molar-refractivity contribution in [1.82, 2.24) is 4.98 Å². The average molecular weight is 417 g/mol. The summed E-state index contributed by atoms with van der Waals surface area (Å²) >= 11 is 6.25. The maximum atomic E-state index is 14.0. The normalized spacial score (nSPS) is 11.1. The summed E-state index contributed by atoms with van der Waals surface area (Å²) in [6.45, 7) is 0. The molecule has 1 heterocycles. The highest BCUT2D eigenvalue weighted by Gasteiger charge is 2.15. The molecule has 4 nitrogen and oxygen atoms in total. The van der Waals surface area contributed by atoms with Crippen LogP contribution in [0.2, 0.25) is 5.02 Å². The number of hydrogen-bond donors (Lipinski definition) is 1. The van der Waals surface area contributed by atoms with Gasteiger partial charge in [0.15, 0.2) is 5.58 Å². The van der Waals surface area contributed by atoms with Crippen LogP contribution in [0.15, 0.2) is 83.3 Å². The number of halogens is 2. The Labute approximate surface area is 175 Å². The average Bonchev–Trinajstić information content (AvgIpc) is 3.17. The van der Waals surface area contributed by atoms with Crippen molar-refractivity contribution in [2.75, 3.05) is 5.32 Å². The number of hydrogen-bond acceptors (Lipinski definition) is 3. The van der Waals surface area contributed by atoms with Crippen LogP contribution in [0.4, 0.5) is 10.1 Å². The minimum absolute atomic E-state index is 0.190. The second-order valence-electron chi connectivity index (χ2n) is 6.78. The molecule has 0 aliphatic rings. The zero-order chi connectivity index (χ0) is 20.7. The fourth-order valence-electron chi connectivity index (χ4n) is 3.42. The van der Waals surface area contributed by atoms with Crippen molar-refractivity contribution in [2.45, 2.75) is 0 Å². The highest BCUT2D eigenvalue weighted by molar-refractivity contribution is 6.36. The summed E-state index contributed by atoms with van der Waals surface area (Å²) < 4.78 is 19.7. The summed E-state index contributed by atoms with van der Waals surface area (Å²) in [7, 11) is 0. The zero-order valence-electron chi connectivity index (χ0n) is 15.5. The molecule has 0 aliphatic heterocycles. The monoisotopic (exact) mass is 416 g/mol. The molecule has 0 radical (unpaired) electrons. The minimum Gasteiger partial charge on any atom is -0.436 e. The number of carbonyl (C=O) groups excluding carboxylic acids is 1. The number of amides is 1. The lowest BCUT2D eigenvalue weighted by Crippen LogP contribution is -2.12. The molecular weight excluding hydrogens is 403 g/mol. The summed E-state index contributed by atoms with van der Waals surface area (Å²) in [5, 5.41) is 5.06. The number of nitrogens with zero attached hydrogens (tertiary/aromatic N) is 1. The Kier molecular flexibility index (Phi) is 4.45. The molecule has 1 amide bonds. The second kappa shape index (κ2) is 7.28. The lowest BCUT2D eigenvalue weighted by Gasteiger charge is -2.09. The summed E-state index contributed by atoms with van der Waals surface area (Å²) in [6.07, 6.45) is 0. The standard InChI is InChI=1S/C24H14ClFN2O2/c25-19-9-4-6-15-16(19)7-3-8-17(15)23(29)27-14-11-12-22-21(13-14)28-24(30-22)18-5-1-2-10-20(18)26/h1-13H,(H,27,29). The van der Waals surface area contributed by atoms with E-state index in [1.807, 2.05) is 18.2 Å². The van der Waals surface area contributed by atoms with Crippen LogP contribution in [0.1, 0.15) is 10.4 Å². The van der Waals surface area contributed by atoms with Crippen molar-refractivity contribution in [3.63, 3.8) is 0 Å². The fraction of sp³-hybridized carbons (Fsp3) is 0.